The number of carbonyl (C=O) groups is 1. The van der Waals surface area contributed by atoms with Gasteiger partial charge in [0.1, 0.15) is 29.3 Å². The smallest absolute Gasteiger partial charge is 0.246 e. The summed E-state index contributed by atoms with van der Waals surface area (Å²) in [6.45, 7) is 2.60. The molecule has 160 valence electrons. The van der Waals surface area contributed by atoms with Crippen molar-refractivity contribution in [2.24, 2.45) is 0 Å². The van der Waals surface area contributed by atoms with Gasteiger partial charge in [0.2, 0.25) is 5.91 Å². The van der Waals surface area contributed by atoms with Crippen LogP contribution in [0.5, 0.6) is 5.75 Å². The van der Waals surface area contributed by atoms with Gasteiger partial charge >= 0.3 is 0 Å². The van der Waals surface area contributed by atoms with Crippen molar-refractivity contribution >= 4 is 24.0 Å². The molecule has 6 rings (SSSR count). The largest absolute Gasteiger partial charge is 0.491 e. The van der Waals surface area contributed by atoms with E-state index < -0.39 is 5.41 Å². The Morgan fingerprint density at radius 2 is 1.78 bits per heavy atom. The van der Waals surface area contributed by atoms with E-state index in [1.807, 2.05) is 72.5 Å². The van der Waals surface area contributed by atoms with Crippen LogP contribution in [0.25, 0.3) is 11.1 Å². The van der Waals surface area contributed by atoms with Crippen LogP contribution in [0.1, 0.15) is 22.6 Å². The van der Waals surface area contributed by atoms with Gasteiger partial charge in [-0.05, 0) is 66.1 Å². The molecule has 1 atom stereocenters. The van der Waals surface area contributed by atoms with Crippen molar-refractivity contribution in [2.45, 2.75) is 18.9 Å². The molecule has 1 amide bonds. The van der Waals surface area contributed by atoms with E-state index in [1.54, 1.807) is 12.4 Å². The van der Waals surface area contributed by atoms with Crippen molar-refractivity contribution in [3.05, 3.63) is 102 Å². The first-order valence-corrected chi connectivity index (χ1v) is 10.3. The number of nitrogens with zero attached hydrogens (tertiary/aromatic N) is 2. The van der Waals surface area contributed by atoms with E-state index in [4.69, 9.17) is 9.15 Å². The zero-order chi connectivity index (χ0) is 21.0. The fourth-order valence-corrected chi connectivity index (χ4v) is 4.78. The second-order valence-corrected chi connectivity index (χ2v) is 8.06. The molecule has 1 unspecified atom stereocenters. The van der Waals surface area contributed by atoms with Crippen molar-refractivity contribution in [1.82, 2.24) is 4.98 Å². The first-order chi connectivity index (χ1) is 15.2. The minimum absolute atomic E-state index is 0. The zero-order valence-electron chi connectivity index (χ0n) is 17.4. The Morgan fingerprint density at radius 1 is 0.969 bits per heavy atom. The Hall–Kier alpha value is -3.57. The number of amides is 1. The second kappa shape index (κ2) is 7.53. The number of ether oxygens (including phenoxy) is 1. The topological polar surface area (TPSA) is 55.6 Å². The Kier molecular flexibility index (Phi) is 4.79. The molecular formula is C26H21ClN2O3. The van der Waals surface area contributed by atoms with Crippen LogP contribution in [0.15, 0.2) is 83.5 Å². The molecule has 0 saturated carbocycles. The SMILES string of the molecule is Cc1ccc(CN2C(=O)C3(COc4ccc(-c5ccncc5)cc43)c3ccccc32)o1.Cl. The maximum Gasteiger partial charge on any atom is 0.246 e. The molecule has 0 fully saturated rings. The number of halogens is 1. The standard InChI is InChI=1S/C26H20N2O3.ClH/c1-17-6-8-20(31-17)15-28-23-5-3-2-4-21(23)26(25(28)29)16-30-24-9-7-19(14-22(24)26)18-10-12-27-13-11-18;/h2-14H,15-16H2,1H3;1H. The highest BCUT2D eigenvalue weighted by molar-refractivity contribution is 6.11. The third kappa shape index (κ3) is 2.85. The number of carbonyl (C=O) groups excluding carboxylic acids is 1. The van der Waals surface area contributed by atoms with E-state index in [0.29, 0.717) is 13.2 Å². The number of aryl methyl sites for hydroxylation is 1. The second-order valence-electron chi connectivity index (χ2n) is 8.06. The van der Waals surface area contributed by atoms with Gasteiger partial charge in [0, 0.05) is 23.6 Å². The molecule has 2 aliphatic rings. The molecule has 2 aromatic carbocycles. The number of hydrogen-bond donors (Lipinski definition) is 0. The molecule has 4 aromatic rings. The summed E-state index contributed by atoms with van der Waals surface area (Å²) in [5.41, 5.74) is 4.05. The minimum atomic E-state index is -0.851. The lowest BCUT2D eigenvalue weighted by molar-refractivity contribution is -0.122. The number of hydrogen-bond acceptors (Lipinski definition) is 4. The van der Waals surface area contributed by atoms with Crippen LogP contribution in [0.4, 0.5) is 5.69 Å². The Bertz CT molecular complexity index is 1320. The molecule has 5 nitrogen and oxygen atoms in total. The Labute approximate surface area is 192 Å². The summed E-state index contributed by atoms with van der Waals surface area (Å²) in [7, 11) is 0. The number of anilines is 1. The molecule has 2 aliphatic heterocycles. The highest BCUT2D eigenvalue weighted by Gasteiger charge is 2.56. The molecule has 6 heteroatoms. The van der Waals surface area contributed by atoms with Gasteiger partial charge in [-0.1, -0.05) is 24.3 Å². The molecule has 0 saturated heterocycles. The van der Waals surface area contributed by atoms with Crippen LogP contribution in [-0.4, -0.2) is 17.5 Å². The van der Waals surface area contributed by atoms with Gasteiger partial charge < -0.3 is 14.1 Å². The number of benzene rings is 2. The fourth-order valence-electron chi connectivity index (χ4n) is 4.78. The van der Waals surface area contributed by atoms with Gasteiger partial charge in [-0.15, -0.1) is 12.4 Å². The summed E-state index contributed by atoms with van der Waals surface area (Å²) >= 11 is 0. The average Bonchev–Trinajstić information content (AvgIpc) is 3.47. The maximum absolute atomic E-state index is 14.0. The molecule has 0 N–H and O–H groups in total. The molecule has 0 bridgehead atoms. The van der Waals surface area contributed by atoms with E-state index in [9.17, 15) is 4.79 Å². The van der Waals surface area contributed by atoms with Crippen LogP contribution in [0, 0.1) is 6.92 Å². The molecule has 4 heterocycles. The highest BCUT2D eigenvalue weighted by atomic mass is 35.5. The van der Waals surface area contributed by atoms with Crippen molar-refractivity contribution in [3.8, 4) is 16.9 Å². The summed E-state index contributed by atoms with van der Waals surface area (Å²) in [5, 5.41) is 0. The van der Waals surface area contributed by atoms with Gasteiger partial charge in [-0.3, -0.25) is 9.78 Å². The lowest BCUT2D eigenvalue weighted by Crippen LogP contribution is -2.42. The van der Waals surface area contributed by atoms with Crippen molar-refractivity contribution in [2.75, 3.05) is 11.5 Å². The lowest BCUT2D eigenvalue weighted by Gasteiger charge is -2.23. The number of para-hydroxylation sites is 1. The number of rotatable bonds is 3. The lowest BCUT2D eigenvalue weighted by atomic mass is 9.76. The van der Waals surface area contributed by atoms with Gasteiger partial charge in [-0.2, -0.15) is 0 Å². The van der Waals surface area contributed by atoms with Crippen LogP contribution >= 0.6 is 12.4 Å². The zero-order valence-corrected chi connectivity index (χ0v) is 18.3. The fraction of sp³-hybridized carbons (Fsp3) is 0.154. The Balaban J connectivity index is 0.00000216. The summed E-state index contributed by atoms with van der Waals surface area (Å²) in [6, 6.07) is 21.9. The van der Waals surface area contributed by atoms with E-state index in [0.717, 1.165) is 45.2 Å². The quantitative estimate of drug-likeness (QED) is 0.430. The molecule has 0 radical (unpaired) electrons. The van der Waals surface area contributed by atoms with Crippen LogP contribution in [0.3, 0.4) is 0 Å². The first kappa shape index (κ1) is 20.3. The van der Waals surface area contributed by atoms with E-state index in [1.165, 1.54) is 0 Å². The molecule has 32 heavy (non-hydrogen) atoms. The third-order valence-corrected chi connectivity index (χ3v) is 6.27. The van der Waals surface area contributed by atoms with Crippen molar-refractivity contribution in [3.63, 3.8) is 0 Å². The highest BCUT2D eigenvalue weighted by Crippen LogP contribution is 2.53. The van der Waals surface area contributed by atoms with E-state index >= 15 is 0 Å². The van der Waals surface area contributed by atoms with E-state index in [-0.39, 0.29) is 18.3 Å². The van der Waals surface area contributed by atoms with Gasteiger partial charge in [-0.25, -0.2) is 0 Å². The summed E-state index contributed by atoms with van der Waals surface area (Å²) in [4.78, 5) is 19.9. The summed E-state index contributed by atoms with van der Waals surface area (Å²) in [6.07, 6.45) is 3.55. The predicted octanol–water partition coefficient (Wildman–Crippen LogP) is 5.30. The van der Waals surface area contributed by atoms with Gasteiger partial charge in [0.05, 0.1) is 6.54 Å². The maximum atomic E-state index is 14.0. The summed E-state index contributed by atoms with van der Waals surface area (Å²) < 4.78 is 11.8. The van der Waals surface area contributed by atoms with Crippen LogP contribution in [0.2, 0.25) is 0 Å². The third-order valence-electron chi connectivity index (χ3n) is 6.27. The average molecular weight is 445 g/mol. The Morgan fingerprint density at radius 3 is 2.56 bits per heavy atom. The first-order valence-electron chi connectivity index (χ1n) is 10.3. The van der Waals surface area contributed by atoms with Crippen molar-refractivity contribution in [1.29, 1.82) is 0 Å². The van der Waals surface area contributed by atoms with Crippen LogP contribution < -0.4 is 9.64 Å². The molecule has 1 spiro atoms. The minimum Gasteiger partial charge on any atom is -0.491 e. The van der Waals surface area contributed by atoms with Crippen LogP contribution in [-0.2, 0) is 16.8 Å². The van der Waals surface area contributed by atoms with Gasteiger partial charge in [0.15, 0.2) is 0 Å². The number of furan rings is 1. The molecular weight excluding hydrogens is 424 g/mol. The predicted molar refractivity (Wildman–Crippen MR) is 124 cm³/mol. The van der Waals surface area contributed by atoms with Gasteiger partial charge in [0.25, 0.3) is 0 Å². The number of pyridine rings is 1. The number of fused-ring (bicyclic) bond motifs is 4. The molecule has 0 aliphatic carbocycles. The monoisotopic (exact) mass is 444 g/mol. The molecule has 2 aromatic heterocycles. The number of aromatic nitrogens is 1. The summed E-state index contributed by atoms with van der Waals surface area (Å²) in [5.74, 6) is 2.38. The van der Waals surface area contributed by atoms with Crippen molar-refractivity contribution < 1.29 is 13.9 Å². The van der Waals surface area contributed by atoms with E-state index in [2.05, 4.69) is 11.1 Å². The normalized spacial score (nSPS) is 18.3.